The summed E-state index contributed by atoms with van der Waals surface area (Å²) in [6.07, 6.45) is -5.46. The van der Waals surface area contributed by atoms with Gasteiger partial charge in [0.15, 0.2) is 5.54 Å². The molecule has 1 aliphatic rings. The number of esters is 1. The van der Waals surface area contributed by atoms with Crippen LogP contribution in [0.3, 0.4) is 0 Å². The number of methoxy groups -OCH3 is 1. The van der Waals surface area contributed by atoms with Gasteiger partial charge in [0.2, 0.25) is 0 Å². The predicted molar refractivity (Wildman–Crippen MR) is 82.5 cm³/mol. The van der Waals surface area contributed by atoms with E-state index in [0.29, 0.717) is 12.8 Å². The smallest absolute Gasteiger partial charge is 0.467 e. The topological polar surface area (TPSA) is 64.6 Å². The Morgan fingerprint density at radius 3 is 2.40 bits per heavy atom. The van der Waals surface area contributed by atoms with E-state index >= 15 is 0 Å². The lowest BCUT2D eigenvalue weighted by Crippen LogP contribution is -2.70. The van der Waals surface area contributed by atoms with E-state index in [1.165, 1.54) is 0 Å². The standard InChI is InChI=1S/C17H20F3NO4/c1-3-12(11-7-5-4-6-8-11)25-13-9-10-16(13,15(23)24-2)21-14(22)17(18,19)20/h4-8,12-13H,3,9-10H2,1-2H3,(H,21,22)/t12-,13-,16-/m1/s1. The third-order valence-electron chi connectivity index (χ3n) is 4.36. The van der Waals surface area contributed by atoms with Crippen molar-refractivity contribution in [1.82, 2.24) is 5.32 Å². The molecule has 0 radical (unpaired) electrons. The molecule has 138 valence electrons. The van der Waals surface area contributed by atoms with Crippen LogP contribution in [0.25, 0.3) is 0 Å². The molecule has 5 nitrogen and oxygen atoms in total. The Kier molecular flexibility index (Phi) is 5.72. The van der Waals surface area contributed by atoms with Crippen molar-refractivity contribution in [1.29, 1.82) is 0 Å². The van der Waals surface area contributed by atoms with Gasteiger partial charge in [0.1, 0.15) is 0 Å². The van der Waals surface area contributed by atoms with E-state index in [1.807, 2.05) is 37.3 Å². The number of alkyl halides is 3. The van der Waals surface area contributed by atoms with Gasteiger partial charge in [0, 0.05) is 0 Å². The Morgan fingerprint density at radius 1 is 1.32 bits per heavy atom. The molecule has 1 aliphatic carbocycles. The number of carbonyl (C=O) groups is 2. The highest BCUT2D eigenvalue weighted by molar-refractivity contribution is 5.91. The van der Waals surface area contributed by atoms with Crippen molar-refractivity contribution in [2.75, 3.05) is 7.11 Å². The number of amides is 1. The average Bonchev–Trinajstić information content (AvgIpc) is 2.58. The Morgan fingerprint density at radius 2 is 1.96 bits per heavy atom. The molecule has 0 unspecified atom stereocenters. The first-order valence-electron chi connectivity index (χ1n) is 7.92. The summed E-state index contributed by atoms with van der Waals surface area (Å²) in [6.45, 7) is 1.87. The quantitative estimate of drug-likeness (QED) is 0.794. The maximum Gasteiger partial charge on any atom is 0.471 e. The van der Waals surface area contributed by atoms with Crippen molar-refractivity contribution >= 4 is 11.9 Å². The molecule has 0 saturated heterocycles. The van der Waals surface area contributed by atoms with E-state index in [2.05, 4.69) is 4.74 Å². The minimum atomic E-state index is -5.09. The second-order valence-corrected chi connectivity index (χ2v) is 5.89. The monoisotopic (exact) mass is 359 g/mol. The molecule has 1 aromatic carbocycles. The van der Waals surface area contributed by atoms with E-state index in [9.17, 15) is 22.8 Å². The maximum atomic E-state index is 12.6. The highest BCUT2D eigenvalue weighted by atomic mass is 19.4. The van der Waals surface area contributed by atoms with Crippen LogP contribution in [0.2, 0.25) is 0 Å². The molecule has 0 bridgehead atoms. The summed E-state index contributed by atoms with van der Waals surface area (Å²) < 4.78 is 48.4. The van der Waals surface area contributed by atoms with Gasteiger partial charge in [-0.2, -0.15) is 13.2 Å². The van der Waals surface area contributed by atoms with Crippen LogP contribution in [0.15, 0.2) is 30.3 Å². The van der Waals surface area contributed by atoms with E-state index < -0.39 is 35.8 Å². The van der Waals surface area contributed by atoms with Crippen molar-refractivity contribution in [2.45, 2.75) is 50.1 Å². The number of carbonyl (C=O) groups excluding carboxylic acids is 2. The van der Waals surface area contributed by atoms with Crippen molar-refractivity contribution < 1.29 is 32.2 Å². The van der Waals surface area contributed by atoms with Gasteiger partial charge in [0.25, 0.3) is 0 Å². The van der Waals surface area contributed by atoms with Gasteiger partial charge in [-0.05, 0) is 24.8 Å². The van der Waals surface area contributed by atoms with Crippen LogP contribution in [-0.4, -0.2) is 36.8 Å². The largest absolute Gasteiger partial charge is 0.471 e. The summed E-state index contributed by atoms with van der Waals surface area (Å²) in [5.74, 6) is -3.12. The molecule has 1 aromatic rings. The number of rotatable bonds is 6. The number of hydrogen-bond acceptors (Lipinski definition) is 4. The zero-order chi connectivity index (χ0) is 18.7. The summed E-state index contributed by atoms with van der Waals surface area (Å²) in [5.41, 5.74) is -0.971. The van der Waals surface area contributed by atoms with Gasteiger partial charge in [-0.15, -0.1) is 0 Å². The lowest BCUT2D eigenvalue weighted by Gasteiger charge is -2.47. The van der Waals surface area contributed by atoms with Crippen molar-refractivity contribution in [3.8, 4) is 0 Å². The van der Waals surface area contributed by atoms with Crippen LogP contribution in [0.5, 0.6) is 0 Å². The lowest BCUT2D eigenvalue weighted by atomic mass is 9.73. The Labute approximate surface area is 143 Å². The molecule has 1 saturated carbocycles. The average molecular weight is 359 g/mol. The highest BCUT2D eigenvalue weighted by Gasteiger charge is 2.59. The number of ether oxygens (including phenoxy) is 2. The minimum absolute atomic E-state index is 0.0252. The SMILES string of the molecule is CC[C@@H](O[C@@H]1CC[C@]1(NC(=O)C(F)(F)F)C(=O)OC)c1ccccc1. The molecule has 8 heteroatoms. The van der Waals surface area contributed by atoms with Crippen LogP contribution < -0.4 is 5.32 Å². The van der Waals surface area contributed by atoms with Crippen LogP contribution in [0, 0.1) is 0 Å². The van der Waals surface area contributed by atoms with Gasteiger partial charge in [0.05, 0.1) is 19.3 Å². The normalized spacial score (nSPS) is 24.1. The Hall–Kier alpha value is -2.09. The molecule has 25 heavy (non-hydrogen) atoms. The molecule has 1 amide bonds. The fraction of sp³-hybridized carbons (Fsp3) is 0.529. The summed E-state index contributed by atoms with van der Waals surface area (Å²) in [6, 6.07) is 9.14. The summed E-state index contributed by atoms with van der Waals surface area (Å²) in [7, 11) is 1.06. The predicted octanol–water partition coefficient (Wildman–Crippen LogP) is 2.91. The summed E-state index contributed by atoms with van der Waals surface area (Å²) in [4.78, 5) is 23.5. The minimum Gasteiger partial charge on any atom is -0.467 e. The third kappa shape index (κ3) is 3.95. The van der Waals surface area contributed by atoms with Gasteiger partial charge in [-0.3, -0.25) is 4.79 Å². The van der Waals surface area contributed by atoms with Crippen LogP contribution in [-0.2, 0) is 19.1 Å². The molecule has 1 fully saturated rings. The van der Waals surface area contributed by atoms with Gasteiger partial charge < -0.3 is 14.8 Å². The van der Waals surface area contributed by atoms with E-state index in [0.717, 1.165) is 12.7 Å². The maximum absolute atomic E-state index is 12.6. The third-order valence-corrected chi connectivity index (χ3v) is 4.36. The van der Waals surface area contributed by atoms with Crippen molar-refractivity contribution in [3.05, 3.63) is 35.9 Å². The first kappa shape index (κ1) is 19.2. The van der Waals surface area contributed by atoms with Crippen LogP contribution in [0.1, 0.15) is 37.9 Å². The fourth-order valence-corrected chi connectivity index (χ4v) is 2.89. The molecule has 0 spiro atoms. The van der Waals surface area contributed by atoms with E-state index in [-0.39, 0.29) is 6.42 Å². The molecule has 2 rings (SSSR count). The fourth-order valence-electron chi connectivity index (χ4n) is 2.89. The van der Waals surface area contributed by atoms with Crippen LogP contribution >= 0.6 is 0 Å². The second-order valence-electron chi connectivity index (χ2n) is 5.89. The Bertz CT molecular complexity index is 620. The second kappa shape index (κ2) is 7.43. The first-order valence-corrected chi connectivity index (χ1v) is 7.92. The molecule has 0 heterocycles. The number of hydrogen-bond donors (Lipinski definition) is 1. The zero-order valence-corrected chi connectivity index (χ0v) is 13.9. The molecule has 3 atom stereocenters. The molecular weight excluding hydrogens is 339 g/mol. The summed E-state index contributed by atoms with van der Waals surface area (Å²) >= 11 is 0. The molecule has 1 N–H and O–H groups in total. The number of halogens is 3. The van der Waals surface area contributed by atoms with Crippen LogP contribution in [0.4, 0.5) is 13.2 Å². The Balaban J connectivity index is 2.21. The van der Waals surface area contributed by atoms with Gasteiger partial charge >= 0.3 is 18.1 Å². The van der Waals surface area contributed by atoms with Gasteiger partial charge in [-0.1, -0.05) is 37.3 Å². The molecule has 0 aromatic heterocycles. The van der Waals surface area contributed by atoms with E-state index in [1.54, 1.807) is 5.32 Å². The highest BCUT2D eigenvalue weighted by Crippen LogP contribution is 2.40. The lowest BCUT2D eigenvalue weighted by molar-refractivity contribution is -0.192. The van der Waals surface area contributed by atoms with Gasteiger partial charge in [-0.25, -0.2) is 4.79 Å². The number of nitrogens with one attached hydrogen (secondary N) is 1. The number of benzene rings is 1. The first-order chi connectivity index (χ1) is 11.7. The van der Waals surface area contributed by atoms with E-state index in [4.69, 9.17) is 4.74 Å². The van der Waals surface area contributed by atoms with Crippen molar-refractivity contribution in [3.63, 3.8) is 0 Å². The summed E-state index contributed by atoms with van der Waals surface area (Å²) in [5, 5.41) is 1.79. The molecule has 0 aliphatic heterocycles. The zero-order valence-electron chi connectivity index (χ0n) is 13.9. The molecular formula is C17H20F3NO4. The van der Waals surface area contributed by atoms with Crippen molar-refractivity contribution in [2.24, 2.45) is 0 Å².